The molecule has 0 radical (unpaired) electrons. The molecule has 8 heteroatoms. The maximum atomic E-state index is 12.2. The predicted octanol–water partition coefficient (Wildman–Crippen LogP) is 1.95. The molecular weight excluding hydrogens is 308 g/mol. The van der Waals surface area contributed by atoms with Gasteiger partial charge in [0.15, 0.2) is 5.88 Å². The Labute approximate surface area is 131 Å². The first-order valence-corrected chi connectivity index (χ1v) is 7.42. The zero-order valence-electron chi connectivity index (χ0n) is 12.5. The van der Waals surface area contributed by atoms with Gasteiger partial charge in [0.1, 0.15) is 12.3 Å². The number of ether oxygens (including phenoxy) is 1. The topological polar surface area (TPSA) is 80.1 Å². The number of hydrogen-bond acceptors (Lipinski definition) is 7. The minimum atomic E-state index is -0.612. The second-order valence-corrected chi connectivity index (χ2v) is 5.64. The highest BCUT2D eigenvalue weighted by Crippen LogP contribution is 2.32. The van der Waals surface area contributed by atoms with Crippen LogP contribution in [-0.2, 0) is 14.3 Å². The van der Waals surface area contributed by atoms with Gasteiger partial charge in [-0.25, -0.2) is 0 Å². The number of furan rings is 1. The monoisotopic (exact) mass is 324 g/mol. The highest BCUT2D eigenvalue weighted by atomic mass is 32.2. The summed E-state index contributed by atoms with van der Waals surface area (Å²) in [6.45, 7) is 1.48. The molecule has 22 heavy (non-hydrogen) atoms. The van der Waals surface area contributed by atoms with E-state index >= 15 is 0 Å². The lowest BCUT2D eigenvalue weighted by Gasteiger charge is -2.10. The molecule has 0 bridgehead atoms. The van der Waals surface area contributed by atoms with Gasteiger partial charge in [-0.2, -0.15) is 0 Å². The van der Waals surface area contributed by atoms with Crippen LogP contribution in [0.1, 0.15) is 12.7 Å². The van der Waals surface area contributed by atoms with Gasteiger partial charge < -0.3 is 14.1 Å². The molecule has 2 heterocycles. The molecule has 0 spiro atoms. The maximum absolute atomic E-state index is 12.2. The van der Waals surface area contributed by atoms with Crippen molar-refractivity contribution in [3.63, 3.8) is 0 Å². The van der Waals surface area contributed by atoms with E-state index in [2.05, 4.69) is 0 Å². The number of rotatable bonds is 5. The molecule has 2 amide bonds. The van der Waals surface area contributed by atoms with Crippen molar-refractivity contribution < 1.29 is 23.5 Å². The van der Waals surface area contributed by atoms with E-state index in [0.29, 0.717) is 11.6 Å². The lowest BCUT2D eigenvalue weighted by molar-refractivity contribution is -0.145. The van der Waals surface area contributed by atoms with Crippen LogP contribution in [-0.4, -0.2) is 49.3 Å². The molecule has 0 aromatic carbocycles. The number of thioether (sulfide) groups is 1. The van der Waals surface area contributed by atoms with Crippen LogP contribution in [0.2, 0.25) is 0 Å². The predicted molar refractivity (Wildman–Crippen MR) is 82.3 cm³/mol. The second kappa shape index (κ2) is 6.69. The molecule has 1 aliphatic heterocycles. The molecule has 0 saturated carbocycles. The van der Waals surface area contributed by atoms with E-state index in [0.717, 1.165) is 16.7 Å². The zero-order chi connectivity index (χ0) is 16.3. The molecule has 1 saturated heterocycles. The normalized spacial score (nSPS) is 16.5. The van der Waals surface area contributed by atoms with Crippen molar-refractivity contribution in [1.82, 2.24) is 4.90 Å². The van der Waals surface area contributed by atoms with Gasteiger partial charge in [-0.3, -0.25) is 19.3 Å². The quantitative estimate of drug-likeness (QED) is 0.605. The van der Waals surface area contributed by atoms with E-state index in [1.807, 2.05) is 14.1 Å². The van der Waals surface area contributed by atoms with Crippen LogP contribution in [0.5, 0.6) is 0 Å². The molecule has 1 aromatic rings. The highest BCUT2D eigenvalue weighted by Gasteiger charge is 2.36. The number of imide groups is 1. The van der Waals surface area contributed by atoms with Gasteiger partial charge in [0.05, 0.1) is 11.5 Å². The number of nitrogens with zero attached hydrogens (tertiary/aromatic N) is 2. The van der Waals surface area contributed by atoms with Crippen LogP contribution < -0.4 is 4.90 Å². The first kappa shape index (κ1) is 16.2. The summed E-state index contributed by atoms with van der Waals surface area (Å²) in [5, 5.41) is -0.497. The second-order valence-electron chi connectivity index (χ2n) is 4.64. The number of hydrogen-bond donors (Lipinski definition) is 0. The fourth-order valence-corrected chi connectivity index (χ4v) is 2.58. The summed E-state index contributed by atoms with van der Waals surface area (Å²) in [4.78, 5) is 38.3. The molecular formula is C14H16N2O5S. The largest absolute Gasteiger partial charge is 0.465 e. The molecule has 0 N–H and O–H groups in total. The van der Waals surface area contributed by atoms with Crippen molar-refractivity contribution in [1.29, 1.82) is 0 Å². The lowest BCUT2D eigenvalue weighted by atomic mass is 10.3. The van der Waals surface area contributed by atoms with Crippen molar-refractivity contribution in [2.45, 2.75) is 6.92 Å². The van der Waals surface area contributed by atoms with Crippen LogP contribution >= 0.6 is 11.8 Å². The molecule has 0 atom stereocenters. The van der Waals surface area contributed by atoms with E-state index in [9.17, 15) is 14.4 Å². The molecule has 1 aromatic heterocycles. The molecule has 2 rings (SSSR count). The smallest absolute Gasteiger partial charge is 0.326 e. The minimum absolute atomic E-state index is 0.199. The zero-order valence-corrected chi connectivity index (χ0v) is 13.3. The van der Waals surface area contributed by atoms with Gasteiger partial charge >= 0.3 is 5.97 Å². The third-order valence-electron chi connectivity index (χ3n) is 2.79. The summed E-state index contributed by atoms with van der Waals surface area (Å²) in [5.74, 6) is -0.0351. The van der Waals surface area contributed by atoms with E-state index < -0.39 is 17.1 Å². The van der Waals surface area contributed by atoms with Crippen molar-refractivity contribution in [3.8, 4) is 0 Å². The summed E-state index contributed by atoms with van der Waals surface area (Å²) < 4.78 is 10.3. The fourth-order valence-electron chi connectivity index (χ4n) is 1.76. The van der Waals surface area contributed by atoms with Gasteiger partial charge in [0.25, 0.3) is 11.1 Å². The Bertz CT molecular complexity index is 635. The summed E-state index contributed by atoms with van der Waals surface area (Å²) >= 11 is 0.772. The van der Waals surface area contributed by atoms with E-state index in [1.165, 1.54) is 6.08 Å². The number of carbonyl (C=O) groups is 3. The Balaban J connectivity index is 2.13. The average Bonchev–Trinajstić information content (AvgIpc) is 3.01. The molecule has 118 valence electrons. The summed E-state index contributed by atoms with van der Waals surface area (Å²) in [6, 6.07) is 3.46. The van der Waals surface area contributed by atoms with Gasteiger partial charge in [-0.1, -0.05) is 0 Å². The van der Waals surface area contributed by atoms with Crippen LogP contribution in [0.25, 0.3) is 6.08 Å². The Morgan fingerprint density at radius 1 is 1.41 bits per heavy atom. The van der Waals surface area contributed by atoms with E-state index in [-0.39, 0.29) is 18.1 Å². The summed E-state index contributed by atoms with van der Waals surface area (Å²) in [5.41, 5.74) is 0. The van der Waals surface area contributed by atoms with Crippen molar-refractivity contribution in [3.05, 3.63) is 22.8 Å². The van der Waals surface area contributed by atoms with Crippen LogP contribution in [0.4, 0.5) is 10.7 Å². The SMILES string of the molecule is CCOC(=O)CN1C(=O)S/C(=C\c2ccc(N(C)C)o2)C1=O. The standard InChI is InChI=1S/C14H16N2O5S/c1-4-20-12(17)8-16-13(18)10(22-14(16)19)7-9-5-6-11(21-9)15(2)3/h5-7H,4,8H2,1-3H3/b10-7-. The van der Waals surface area contributed by atoms with Gasteiger partial charge in [-0.05, 0) is 24.8 Å². The third-order valence-corrected chi connectivity index (χ3v) is 3.70. The minimum Gasteiger partial charge on any atom is -0.465 e. The maximum Gasteiger partial charge on any atom is 0.326 e. The number of amides is 2. The summed E-state index contributed by atoms with van der Waals surface area (Å²) in [6.07, 6.45) is 1.49. The Hall–Kier alpha value is -2.22. The van der Waals surface area contributed by atoms with Crippen LogP contribution in [0.3, 0.4) is 0 Å². The average molecular weight is 324 g/mol. The number of anilines is 1. The fraction of sp³-hybridized carbons (Fsp3) is 0.357. The number of esters is 1. The van der Waals surface area contributed by atoms with Crippen molar-refractivity contribution >= 4 is 40.8 Å². The summed E-state index contributed by atoms with van der Waals surface area (Å²) in [7, 11) is 3.66. The molecule has 1 aliphatic rings. The van der Waals surface area contributed by atoms with E-state index in [1.54, 1.807) is 24.0 Å². The van der Waals surface area contributed by atoms with Gasteiger partial charge in [-0.15, -0.1) is 0 Å². The molecule has 7 nitrogen and oxygen atoms in total. The Kier molecular flexibility index (Phi) is 4.92. The molecule has 0 aliphatic carbocycles. The lowest BCUT2D eigenvalue weighted by Crippen LogP contribution is -2.34. The van der Waals surface area contributed by atoms with Gasteiger partial charge in [0.2, 0.25) is 0 Å². The number of carbonyl (C=O) groups excluding carboxylic acids is 3. The first-order chi connectivity index (χ1) is 10.4. The molecule has 1 fully saturated rings. The van der Waals surface area contributed by atoms with Crippen LogP contribution in [0, 0.1) is 0 Å². The molecule has 0 unspecified atom stereocenters. The Morgan fingerprint density at radius 2 is 2.14 bits per heavy atom. The van der Waals surface area contributed by atoms with Crippen molar-refractivity contribution in [2.75, 3.05) is 32.1 Å². The first-order valence-electron chi connectivity index (χ1n) is 6.60. The van der Waals surface area contributed by atoms with Crippen molar-refractivity contribution in [2.24, 2.45) is 0 Å². The Morgan fingerprint density at radius 3 is 2.73 bits per heavy atom. The van der Waals surface area contributed by atoms with E-state index in [4.69, 9.17) is 9.15 Å². The van der Waals surface area contributed by atoms with Crippen LogP contribution in [0.15, 0.2) is 21.5 Å². The highest BCUT2D eigenvalue weighted by molar-refractivity contribution is 8.18. The third kappa shape index (κ3) is 3.51. The van der Waals surface area contributed by atoms with Gasteiger partial charge in [0, 0.05) is 26.2 Å².